The van der Waals surface area contributed by atoms with Gasteiger partial charge in [-0.1, -0.05) is 73.4 Å². The lowest BCUT2D eigenvalue weighted by Crippen LogP contribution is -2.01. The molecule has 4 heteroatoms. The average Bonchev–Trinajstić information content (AvgIpc) is 3.19. The van der Waals surface area contributed by atoms with E-state index in [1.54, 1.807) is 12.2 Å². The molecule has 0 spiro atoms. The monoisotopic (exact) mass is 446 g/mol. The second-order valence-electron chi connectivity index (χ2n) is 7.88. The maximum atomic E-state index is 11.7. The van der Waals surface area contributed by atoms with Crippen LogP contribution in [-0.4, -0.2) is 9.49 Å². The zero-order chi connectivity index (χ0) is 24.2. The summed E-state index contributed by atoms with van der Waals surface area (Å²) in [5.74, 6) is 0. The molecule has 0 saturated carbocycles. The first-order chi connectivity index (χ1) is 16.5. The Morgan fingerprint density at radius 2 is 1.74 bits per heavy atom. The fourth-order valence-electron chi connectivity index (χ4n) is 4.36. The summed E-state index contributed by atoms with van der Waals surface area (Å²) in [5.41, 5.74) is 6.26. The zero-order valence-corrected chi connectivity index (χ0v) is 19.4. The van der Waals surface area contributed by atoms with Crippen LogP contribution in [-0.2, 0) is 0 Å². The van der Waals surface area contributed by atoms with Gasteiger partial charge in [-0.15, -0.1) is 0 Å². The second-order valence-corrected chi connectivity index (χ2v) is 7.88. The van der Waals surface area contributed by atoms with E-state index in [9.17, 15) is 10.1 Å². The molecule has 0 atom stereocenters. The molecular weight excluding hydrogens is 420 g/mol. The normalized spacial score (nSPS) is 12.2. The molecule has 0 unspecified atom stereocenters. The Morgan fingerprint density at radius 1 is 0.971 bits per heavy atom. The van der Waals surface area contributed by atoms with E-state index in [0.717, 1.165) is 44.2 Å². The number of fused-ring (bicyclic) bond motifs is 3. The molecule has 0 amide bonds. The van der Waals surface area contributed by atoms with Gasteiger partial charge in [0.05, 0.1) is 21.5 Å². The van der Waals surface area contributed by atoms with E-state index in [-0.39, 0.29) is 5.70 Å². The molecular formula is C30H26N2O2. The van der Waals surface area contributed by atoms with Crippen molar-refractivity contribution in [1.82, 2.24) is 4.57 Å². The summed E-state index contributed by atoms with van der Waals surface area (Å²) in [7, 11) is 0. The van der Waals surface area contributed by atoms with E-state index in [1.807, 2.05) is 56.3 Å². The van der Waals surface area contributed by atoms with Gasteiger partial charge in [0.2, 0.25) is 0 Å². The zero-order valence-electron chi connectivity index (χ0n) is 19.4. The number of nitrogens with zero attached hydrogens (tertiary/aromatic N) is 2. The van der Waals surface area contributed by atoms with Gasteiger partial charge >= 0.3 is 0 Å². The Balaban J connectivity index is 2.10. The highest BCUT2D eigenvalue weighted by Gasteiger charge is 2.22. The molecule has 0 bridgehead atoms. The predicted octanol–water partition coefficient (Wildman–Crippen LogP) is 8.21. The molecule has 0 saturated heterocycles. The Kier molecular flexibility index (Phi) is 6.42. The summed E-state index contributed by atoms with van der Waals surface area (Å²) in [4.78, 5) is 11.3. The molecule has 0 fully saturated rings. The first-order valence-electron chi connectivity index (χ1n) is 11.1. The summed E-state index contributed by atoms with van der Waals surface area (Å²) in [6, 6.07) is 20.3. The minimum absolute atomic E-state index is 0.132. The third kappa shape index (κ3) is 3.90. The molecule has 1 aromatic heterocycles. The molecule has 4 nitrogen and oxygen atoms in total. The van der Waals surface area contributed by atoms with Crippen LogP contribution in [0.15, 0.2) is 104 Å². The van der Waals surface area contributed by atoms with Crippen LogP contribution in [0.1, 0.15) is 30.5 Å². The van der Waals surface area contributed by atoms with Crippen molar-refractivity contribution < 1.29 is 4.92 Å². The summed E-state index contributed by atoms with van der Waals surface area (Å²) in [5, 5.41) is 13.7. The summed E-state index contributed by atoms with van der Waals surface area (Å²) in [6.07, 6.45) is 11.3. The largest absolute Gasteiger partial charge is 0.309 e. The van der Waals surface area contributed by atoms with E-state index in [4.69, 9.17) is 0 Å². The van der Waals surface area contributed by atoms with Crippen molar-refractivity contribution in [3.8, 4) is 5.69 Å². The van der Waals surface area contributed by atoms with Crippen LogP contribution in [0.5, 0.6) is 0 Å². The quantitative estimate of drug-likeness (QED) is 0.163. The highest BCUT2D eigenvalue weighted by Crippen LogP contribution is 2.38. The van der Waals surface area contributed by atoms with Gasteiger partial charge in [-0.2, -0.15) is 0 Å². The highest BCUT2D eigenvalue weighted by atomic mass is 16.6. The maximum absolute atomic E-state index is 11.7. The Labute approximate surface area is 199 Å². The van der Waals surface area contributed by atoms with Gasteiger partial charge in [0.1, 0.15) is 0 Å². The number of rotatable bonds is 7. The van der Waals surface area contributed by atoms with Crippen molar-refractivity contribution in [3.63, 3.8) is 0 Å². The molecule has 4 aromatic rings. The molecule has 34 heavy (non-hydrogen) atoms. The van der Waals surface area contributed by atoms with Crippen molar-refractivity contribution in [3.05, 3.63) is 131 Å². The number of hydrogen-bond acceptors (Lipinski definition) is 2. The minimum Gasteiger partial charge on any atom is -0.309 e. The topological polar surface area (TPSA) is 48.1 Å². The van der Waals surface area contributed by atoms with Gasteiger partial charge in [0.25, 0.3) is 5.70 Å². The van der Waals surface area contributed by atoms with Crippen LogP contribution < -0.4 is 0 Å². The van der Waals surface area contributed by atoms with E-state index < -0.39 is 4.92 Å². The molecule has 0 aliphatic carbocycles. The van der Waals surface area contributed by atoms with E-state index >= 15 is 0 Å². The van der Waals surface area contributed by atoms with Crippen LogP contribution in [0.25, 0.3) is 45.2 Å². The SMILES string of the molecule is C=Cc1cc(-n2c3ccccc3c3c(/C(=C/C=C\C)C(=C)[N+](=O)[O-])cccc32)ccc1/C=C\C. The number of aromatic nitrogens is 1. The molecule has 1 heterocycles. The first-order valence-corrected chi connectivity index (χ1v) is 11.1. The Morgan fingerprint density at radius 3 is 2.44 bits per heavy atom. The smallest absolute Gasteiger partial charge is 0.270 e. The Bertz CT molecular complexity index is 1530. The fraction of sp³-hybridized carbons (Fsp3) is 0.0667. The van der Waals surface area contributed by atoms with Crippen LogP contribution in [0.2, 0.25) is 0 Å². The molecule has 0 aliphatic rings. The third-order valence-electron chi connectivity index (χ3n) is 5.87. The number of nitro groups is 1. The highest BCUT2D eigenvalue weighted by molar-refractivity contribution is 6.14. The molecule has 168 valence electrons. The number of hydrogen-bond donors (Lipinski definition) is 0. The number of benzene rings is 3. The standard InChI is InChI=1S/C30H26N2O2/c1-5-8-13-25(21(4)32(33)34)26-15-11-17-29-30(26)27-14-9-10-16-28(27)31(29)24-19-18-23(12-6-2)22(7-3)20-24/h5-20H,3-4H2,1-2H3/b8-5-,12-6-,25-13+. The number of allylic oxidation sites excluding steroid dienone is 5. The van der Waals surface area contributed by atoms with Crippen LogP contribution >= 0.6 is 0 Å². The molecule has 0 N–H and O–H groups in total. The van der Waals surface area contributed by atoms with Gasteiger partial charge in [0, 0.05) is 16.5 Å². The average molecular weight is 447 g/mol. The lowest BCUT2D eigenvalue weighted by atomic mass is 9.97. The van der Waals surface area contributed by atoms with Crippen molar-refractivity contribution in [1.29, 1.82) is 0 Å². The van der Waals surface area contributed by atoms with Gasteiger partial charge in [-0.3, -0.25) is 10.1 Å². The van der Waals surface area contributed by atoms with Gasteiger partial charge in [-0.05, 0) is 67.5 Å². The molecule has 0 radical (unpaired) electrons. The number of para-hydroxylation sites is 1. The van der Waals surface area contributed by atoms with Crippen molar-refractivity contribution in [2.75, 3.05) is 0 Å². The van der Waals surface area contributed by atoms with E-state index in [1.165, 1.54) is 0 Å². The minimum atomic E-state index is -0.427. The van der Waals surface area contributed by atoms with Gasteiger partial charge < -0.3 is 4.57 Å². The second kappa shape index (κ2) is 9.59. The van der Waals surface area contributed by atoms with Crippen molar-refractivity contribution in [2.24, 2.45) is 0 Å². The van der Waals surface area contributed by atoms with Gasteiger partial charge in [0.15, 0.2) is 0 Å². The van der Waals surface area contributed by atoms with E-state index in [2.05, 4.69) is 60.2 Å². The summed E-state index contributed by atoms with van der Waals surface area (Å²) in [6.45, 7) is 11.6. The van der Waals surface area contributed by atoms with Crippen LogP contribution in [0.4, 0.5) is 0 Å². The first kappa shape index (κ1) is 22.7. The summed E-state index contributed by atoms with van der Waals surface area (Å²) >= 11 is 0. The predicted molar refractivity (Wildman–Crippen MR) is 145 cm³/mol. The molecule has 4 rings (SSSR count). The van der Waals surface area contributed by atoms with Crippen molar-refractivity contribution in [2.45, 2.75) is 13.8 Å². The fourth-order valence-corrected chi connectivity index (χ4v) is 4.36. The Hall–Kier alpha value is -4.44. The summed E-state index contributed by atoms with van der Waals surface area (Å²) < 4.78 is 2.20. The third-order valence-corrected chi connectivity index (χ3v) is 5.87. The van der Waals surface area contributed by atoms with Crippen molar-refractivity contribution >= 4 is 39.5 Å². The van der Waals surface area contributed by atoms with Crippen LogP contribution in [0.3, 0.4) is 0 Å². The maximum Gasteiger partial charge on any atom is 0.270 e. The molecule has 3 aromatic carbocycles. The molecule has 0 aliphatic heterocycles. The lowest BCUT2D eigenvalue weighted by Gasteiger charge is -2.11. The van der Waals surface area contributed by atoms with Gasteiger partial charge in [-0.25, -0.2) is 0 Å². The van der Waals surface area contributed by atoms with E-state index in [0.29, 0.717) is 5.57 Å². The lowest BCUT2D eigenvalue weighted by molar-refractivity contribution is -0.416. The van der Waals surface area contributed by atoms with Crippen LogP contribution in [0, 0.1) is 10.1 Å².